The molecule has 3 nitrogen and oxygen atoms in total. The van der Waals surface area contributed by atoms with Crippen molar-refractivity contribution in [1.29, 1.82) is 0 Å². The molecular weight excluding hydrogens is 278 g/mol. The van der Waals surface area contributed by atoms with Crippen molar-refractivity contribution in [3.05, 3.63) is 60.2 Å². The number of aliphatic imine (C=N–C) groups is 2. The molecule has 4 heteroatoms. The van der Waals surface area contributed by atoms with Crippen molar-refractivity contribution in [1.82, 2.24) is 0 Å². The lowest BCUT2D eigenvalue weighted by molar-refractivity contribution is 0.976. The summed E-state index contributed by atoms with van der Waals surface area (Å²) in [5, 5.41) is 4.91. The molecule has 1 atom stereocenters. The predicted molar refractivity (Wildman–Crippen MR) is 93.1 cm³/mol. The van der Waals surface area contributed by atoms with Gasteiger partial charge < -0.3 is 5.32 Å². The number of amidine groups is 1. The highest BCUT2D eigenvalue weighted by Gasteiger charge is 2.14. The Kier molecular flexibility index (Phi) is 4.36. The van der Waals surface area contributed by atoms with Crippen LogP contribution in [-0.4, -0.2) is 23.2 Å². The van der Waals surface area contributed by atoms with Crippen LogP contribution in [0.1, 0.15) is 12.5 Å². The highest BCUT2D eigenvalue weighted by molar-refractivity contribution is 8.15. The van der Waals surface area contributed by atoms with Gasteiger partial charge >= 0.3 is 0 Å². The maximum atomic E-state index is 4.47. The van der Waals surface area contributed by atoms with Crippen LogP contribution in [0, 0.1) is 0 Å². The summed E-state index contributed by atoms with van der Waals surface area (Å²) in [6.07, 6.45) is 1.88. The molecule has 106 valence electrons. The Labute approximate surface area is 129 Å². The van der Waals surface area contributed by atoms with Gasteiger partial charge in [-0.15, -0.1) is 0 Å². The number of anilines is 1. The topological polar surface area (TPSA) is 36.8 Å². The Morgan fingerprint density at radius 2 is 1.90 bits per heavy atom. The molecular formula is C17H17N3S. The van der Waals surface area contributed by atoms with Gasteiger partial charge in [-0.25, -0.2) is 0 Å². The lowest BCUT2D eigenvalue weighted by Crippen LogP contribution is -2.05. The van der Waals surface area contributed by atoms with Gasteiger partial charge in [-0.2, -0.15) is 0 Å². The molecule has 1 aliphatic heterocycles. The first-order valence-corrected chi connectivity index (χ1v) is 7.85. The second-order valence-electron chi connectivity index (χ2n) is 4.92. The molecule has 0 saturated heterocycles. The van der Waals surface area contributed by atoms with Gasteiger partial charge in [0.2, 0.25) is 0 Å². The standard InChI is InChI=1S/C17H17N3S/c1-13-11-19-17(21-13)20-16-9-7-15(8-10-16)18-12-14-5-3-2-4-6-14/h2-10,12-13H,11H2,1H3,(H,19,20). The van der Waals surface area contributed by atoms with E-state index in [1.807, 2.05) is 60.8 Å². The summed E-state index contributed by atoms with van der Waals surface area (Å²) in [6, 6.07) is 18.2. The van der Waals surface area contributed by atoms with Crippen molar-refractivity contribution in [2.45, 2.75) is 12.2 Å². The number of nitrogens with one attached hydrogen (secondary N) is 1. The number of hydrogen-bond donors (Lipinski definition) is 1. The average Bonchev–Trinajstić information content (AvgIpc) is 2.93. The smallest absolute Gasteiger partial charge is 0.161 e. The molecule has 0 amide bonds. The van der Waals surface area contributed by atoms with Gasteiger partial charge in [-0.05, 0) is 29.8 Å². The van der Waals surface area contributed by atoms with Crippen molar-refractivity contribution in [2.75, 3.05) is 11.9 Å². The zero-order valence-electron chi connectivity index (χ0n) is 11.9. The van der Waals surface area contributed by atoms with E-state index in [9.17, 15) is 0 Å². The lowest BCUT2D eigenvalue weighted by atomic mass is 10.2. The van der Waals surface area contributed by atoms with Crippen molar-refractivity contribution in [3.63, 3.8) is 0 Å². The van der Waals surface area contributed by atoms with E-state index in [-0.39, 0.29) is 0 Å². The van der Waals surface area contributed by atoms with E-state index in [1.54, 1.807) is 11.8 Å². The molecule has 1 aliphatic rings. The highest BCUT2D eigenvalue weighted by Crippen LogP contribution is 2.23. The fourth-order valence-corrected chi connectivity index (χ4v) is 2.84. The van der Waals surface area contributed by atoms with Crippen LogP contribution in [0.15, 0.2) is 64.6 Å². The average molecular weight is 295 g/mol. The predicted octanol–water partition coefficient (Wildman–Crippen LogP) is 4.34. The zero-order chi connectivity index (χ0) is 14.5. The molecule has 2 aromatic carbocycles. The third kappa shape index (κ3) is 3.95. The van der Waals surface area contributed by atoms with E-state index in [4.69, 9.17) is 0 Å². The number of nitrogens with zero attached hydrogens (tertiary/aromatic N) is 2. The molecule has 3 rings (SSSR count). The van der Waals surface area contributed by atoms with Crippen molar-refractivity contribution in [3.8, 4) is 0 Å². The molecule has 1 heterocycles. The van der Waals surface area contributed by atoms with Crippen LogP contribution >= 0.6 is 11.8 Å². The van der Waals surface area contributed by atoms with E-state index >= 15 is 0 Å². The maximum Gasteiger partial charge on any atom is 0.161 e. The van der Waals surface area contributed by atoms with E-state index in [1.165, 1.54) is 0 Å². The molecule has 2 aromatic rings. The van der Waals surface area contributed by atoms with Crippen LogP contribution in [0.5, 0.6) is 0 Å². The van der Waals surface area contributed by atoms with E-state index in [0.29, 0.717) is 5.25 Å². The number of hydrogen-bond acceptors (Lipinski definition) is 4. The first-order chi connectivity index (χ1) is 10.3. The second-order valence-corrected chi connectivity index (χ2v) is 6.34. The first-order valence-electron chi connectivity index (χ1n) is 6.97. The first kappa shape index (κ1) is 13.9. The van der Waals surface area contributed by atoms with Crippen LogP contribution in [0.3, 0.4) is 0 Å². The zero-order valence-corrected chi connectivity index (χ0v) is 12.7. The van der Waals surface area contributed by atoms with Gasteiger partial charge in [-0.1, -0.05) is 49.0 Å². The summed E-state index contributed by atoms with van der Waals surface area (Å²) in [6.45, 7) is 3.08. The van der Waals surface area contributed by atoms with E-state index in [2.05, 4.69) is 22.2 Å². The van der Waals surface area contributed by atoms with Gasteiger partial charge in [0.25, 0.3) is 0 Å². The Bertz CT molecular complexity index is 647. The summed E-state index contributed by atoms with van der Waals surface area (Å²) in [5.74, 6) is 0. The van der Waals surface area contributed by atoms with Crippen LogP contribution in [-0.2, 0) is 0 Å². The fraction of sp³-hybridized carbons (Fsp3) is 0.176. The van der Waals surface area contributed by atoms with Crippen molar-refractivity contribution in [2.24, 2.45) is 9.98 Å². The summed E-state index contributed by atoms with van der Waals surface area (Å²) in [5.41, 5.74) is 3.10. The van der Waals surface area contributed by atoms with Crippen LogP contribution in [0.2, 0.25) is 0 Å². The van der Waals surface area contributed by atoms with Gasteiger partial charge in [0.1, 0.15) is 0 Å². The minimum absolute atomic E-state index is 0.572. The highest BCUT2D eigenvalue weighted by atomic mass is 32.2. The number of thioether (sulfide) groups is 1. The monoisotopic (exact) mass is 295 g/mol. The van der Waals surface area contributed by atoms with Gasteiger partial charge in [0.15, 0.2) is 5.17 Å². The molecule has 0 aliphatic carbocycles. The minimum atomic E-state index is 0.572. The summed E-state index contributed by atoms with van der Waals surface area (Å²) in [7, 11) is 0. The third-order valence-corrected chi connectivity index (χ3v) is 4.09. The molecule has 1 N–H and O–H groups in total. The number of benzene rings is 2. The Morgan fingerprint density at radius 1 is 1.14 bits per heavy atom. The lowest BCUT2D eigenvalue weighted by Gasteiger charge is -2.05. The second kappa shape index (κ2) is 6.59. The fourth-order valence-electron chi connectivity index (χ4n) is 1.99. The molecule has 0 aromatic heterocycles. The normalized spacial score (nSPS) is 18.0. The molecule has 1 unspecified atom stereocenters. The Hall–Kier alpha value is -2.07. The van der Waals surface area contributed by atoms with Crippen LogP contribution in [0.4, 0.5) is 11.4 Å². The Morgan fingerprint density at radius 3 is 2.57 bits per heavy atom. The maximum absolute atomic E-state index is 4.47. The van der Waals surface area contributed by atoms with Crippen molar-refractivity contribution >= 4 is 34.5 Å². The molecule has 0 spiro atoms. The minimum Gasteiger partial charge on any atom is -0.335 e. The van der Waals surface area contributed by atoms with Gasteiger partial charge in [0.05, 0.1) is 12.2 Å². The summed E-state index contributed by atoms with van der Waals surface area (Å²) >= 11 is 1.78. The molecule has 0 fully saturated rings. The molecule has 21 heavy (non-hydrogen) atoms. The van der Waals surface area contributed by atoms with Crippen molar-refractivity contribution < 1.29 is 0 Å². The number of rotatable bonds is 3. The quantitative estimate of drug-likeness (QED) is 0.855. The SMILES string of the molecule is CC1CN=C(Nc2ccc(N=Cc3ccccc3)cc2)S1. The summed E-state index contributed by atoms with van der Waals surface area (Å²) in [4.78, 5) is 8.92. The van der Waals surface area contributed by atoms with Crippen LogP contribution < -0.4 is 5.32 Å². The molecule has 0 saturated carbocycles. The summed E-state index contributed by atoms with van der Waals surface area (Å²) < 4.78 is 0. The largest absolute Gasteiger partial charge is 0.335 e. The van der Waals surface area contributed by atoms with Crippen LogP contribution in [0.25, 0.3) is 0 Å². The third-order valence-electron chi connectivity index (χ3n) is 3.09. The Balaban J connectivity index is 1.63. The van der Waals surface area contributed by atoms with E-state index in [0.717, 1.165) is 28.7 Å². The molecule has 0 radical (unpaired) electrons. The van der Waals surface area contributed by atoms with Gasteiger partial charge in [0, 0.05) is 17.2 Å². The molecule has 0 bridgehead atoms. The van der Waals surface area contributed by atoms with Gasteiger partial charge in [-0.3, -0.25) is 9.98 Å². The van der Waals surface area contributed by atoms with E-state index < -0.39 is 0 Å².